The van der Waals surface area contributed by atoms with Gasteiger partial charge < -0.3 is 19.9 Å². The van der Waals surface area contributed by atoms with Crippen LogP contribution in [0.1, 0.15) is 12.5 Å². The minimum atomic E-state index is -0.458. The lowest BCUT2D eigenvalue weighted by Crippen LogP contribution is -2.56. The van der Waals surface area contributed by atoms with Crippen LogP contribution in [-0.2, 0) is 16.1 Å². The topological polar surface area (TPSA) is 74.0 Å². The molecule has 2 atom stereocenters. The summed E-state index contributed by atoms with van der Waals surface area (Å²) < 4.78 is 16.0. The van der Waals surface area contributed by atoms with Crippen LogP contribution in [0.4, 0.5) is 0 Å². The van der Waals surface area contributed by atoms with Gasteiger partial charge in [-0.25, -0.2) is 0 Å². The number of hydrogen-bond acceptors (Lipinski definition) is 5. The SMILES string of the molecule is COc1cc(CN2CCO[C@H](C)[C@H]2C(N)=O)cc(Cl)c1OC. The zero-order valence-electron chi connectivity index (χ0n) is 13.0. The molecule has 1 aromatic rings. The van der Waals surface area contributed by atoms with E-state index in [9.17, 15) is 4.79 Å². The van der Waals surface area contributed by atoms with E-state index >= 15 is 0 Å². The van der Waals surface area contributed by atoms with Crippen LogP contribution in [-0.4, -0.2) is 50.3 Å². The Kier molecular flexibility index (Phi) is 5.50. The van der Waals surface area contributed by atoms with E-state index in [-0.39, 0.29) is 6.10 Å². The second-order valence-corrected chi connectivity index (χ2v) is 5.61. The molecule has 0 unspecified atom stereocenters. The van der Waals surface area contributed by atoms with Crippen molar-refractivity contribution in [3.63, 3.8) is 0 Å². The Balaban J connectivity index is 2.25. The van der Waals surface area contributed by atoms with E-state index in [0.29, 0.717) is 36.2 Å². The molecule has 1 heterocycles. The largest absolute Gasteiger partial charge is 0.493 e. The molecule has 0 aliphatic carbocycles. The molecule has 7 heteroatoms. The number of nitrogens with zero attached hydrogens (tertiary/aromatic N) is 1. The standard InChI is InChI=1S/C15H21ClN2O4/c1-9-13(15(17)19)18(4-5-22-9)8-10-6-11(16)14(21-3)12(7-10)20-2/h6-7,9,13H,4-5,8H2,1-3H3,(H2,17,19)/t9-,13+/m1/s1. The highest BCUT2D eigenvalue weighted by Crippen LogP contribution is 2.36. The molecular weight excluding hydrogens is 308 g/mol. The summed E-state index contributed by atoms with van der Waals surface area (Å²) in [5.41, 5.74) is 6.42. The number of halogens is 1. The average Bonchev–Trinajstić information content (AvgIpc) is 2.46. The van der Waals surface area contributed by atoms with Crippen molar-refractivity contribution >= 4 is 17.5 Å². The molecule has 2 N–H and O–H groups in total. The van der Waals surface area contributed by atoms with E-state index < -0.39 is 11.9 Å². The third-order valence-electron chi connectivity index (χ3n) is 3.77. The Morgan fingerprint density at radius 2 is 2.18 bits per heavy atom. The van der Waals surface area contributed by atoms with Crippen LogP contribution in [0.2, 0.25) is 5.02 Å². The fourth-order valence-corrected chi connectivity index (χ4v) is 3.08. The minimum Gasteiger partial charge on any atom is -0.493 e. The van der Waals surface area contributed by atoms with Gasteiger partial charge in [0.2, 0.25) is 5.91 Å². The van der Waals surface area contributed by atoms with Crippen LogP contribution in [0.15, 0.2) is 12.1 Å². The summed E-state index contributed by atoms with van der Waals surface area (Å²) in [6.45, 7) is 3.57. The molecule has 0 saturated carbocycles. The van der Waals surface area contributed by atoms with Gasteiger partial charge in [0.15, 0.2) is 11.5 Å². The first-order valence-electron chi connectivity index (χ1n) is 7.03. The molecule has 0 bridgehead atoms. The lowest BCUT2D eigenvalue weighted by Gasteiger charge is -2.38. The van der Waals surface area contributed by atoms with E-state index in [4.69, 9.17) is 31.5 Å². The Morgan fingerprint density at radius 3 is 2.77 bits per heavy atom. The van der Waals surface area contributed by atoms with Gasteiger partial charge in [0.1, 0.15) is 6.04 Å². The van der Waals surface area contributed by atoms with Crippen molar-refractivity contribution in [2.75, 3.05) is 27.4 Å². The number of methoxy groups -OCH3 is 2. The van der Waals surface area contributed by atoms with Gasteiger partial charge in [-0.3, -0.25) is 9.69 Å². The zero-order valence-corrected chi connectivity index (χ0v) is 13.7. The molecule has 0 radical (unpaired) electrons. The first kappa shape index (κ1) is 16.9. The molecule has 0 spiro atoms. The van der Waals surface area contributed by atoms with Crippen molar-refractivity contribution in [1.29, 1.82) is 0 Å². The number of carbonyl (C=O) groups is 1. The number of carbonyl (C=O) groups excluding carboxylic acids is 1. The van der Waals surface area contributed by atoms with Gasteiger partial charge >= 0.3 is 0 Å². The summed E-state index contributed by atoms with van der Waals surface area (Å²) in [6, 6.07) is 3.20. The Morgan fingerprint density at radius 1 is 1.45 bits per heavy atom. The Bertz CT molecular complexity index is 553. The highest BCUT2D eigenvalue weighted by molar-refractivity contribution is 6.32. The van der Waals surface area contributed by atoms with E-state index in [1.807, 2.05) is 17.9 Å². The van der Waals surface area contributed by atoms with Crippen LogP contribution in [0.3, 0.4) is 0 Å². The van der Waals surface area contributed by atoms with Crippen LogP contribution < -0.4 is 15.2 Å². The summed E-state index contributed by atoms with van der Waals surface area (Å²) in [5, 5.41) is 0.466. The maximum absolute atomic E-state index is 11.7. The van der Waals surface area contributed by atoms with Gasteiger partial charge in [0.25, 0.3) is 0 Å². The maximum Gasteiger partial charge on any atom is 0.237 e. The van der Waals surface area contributed by atoms with Crippen molar-refractivity contribution in [1.82, 2.24) is 4.90 Å². The molecule has 1 amide bonds. The molecule has 2 rings (SSSR count). The molecule has 1 aliphatic heterocycles. The lowest BCUT2D eigenvalue weighted by molar-refractivity contribution is -0.136. The average molecular weight is 329 g/mol. The van der Waals surface area contributed by atoms with Crippen LogP contribution in [0.25, 0.3) is 0 Å². The Hall–Kier alpha value is -1.50. The quantitative estimate of drug-likeness (QED) is 0.885. The zero-order chi connectivity index (χ0) is 16.3. The number of primary amides is 1. The smallest absolute Gasteiger partial charge is 0.237 e. The van der Waals surface area contributed by atoms with E-state index in [2.05, 4.69) is 0 Å². The molecular formula is C15H21ClN2O4. The molecule has 122 valence electrons. The summed E-state index contributed by atoms with van der Waals surface area (Å²) in [7, 11) is 3.09. The molecule has 6 nitrogen and oxygen atoms in total. The van der Waals surface area contributed by atoms with Crippen LogP contribution in [0.5, 0.6) is 11.5 Å². The maximum atomic E-state index is 11.7. The summed E-state index contributed by atoms with van der Waals surface area (Å²) in [4.78, 5) is 13.7. The number of morpholine rings is 1. The van der Waals surface area contributed by atoms with E-state index in [0.717, 1.165) is 5.56 Å². The minimum absolute atomic E-state index is 0.234. The van der Waals surface area contributed by atoms with Gasteiger partial charge in [-0.15, -0.1) is 0 Å². The van der Waals surface area contributed by atoms with E-state index in [1.54, 1.807) is 13.2 Å². The fourth-order valence-electron chi connectivity index (χ4n) is 2.77. The molecule has 1 aliphatic rings. The van der Waals surface area contributed by atoms with Crippen LogP contribution >= 0.6 is 11.6 Å². The molecule has 1 saturated heterocycles. The van der Waals surface area contributed by atoms with Crippen LogP contribution in [0, 0.1) is 0 Å². The predicted molar refractivity (Wildman–Crippen MR) is 83.4 cm³/mol. The first-order valence-corrected chi connectivity index (χ1v) is 7.41. The van der Waals surface area contributed by atoms with Crippen molar-refractivity contribution in [3.05, 3.63) is 22.7 Å². The predicted octanol–water partition coefficient (Wildman–Crippen LogP) is 1.43. The van der Waals surface area contributed by atoms with Gasteiger partial charge in [0, 0.05) is 13.1 Å². The number of nitrogens with two attached hydrogens (primary N) is 1. The van der Waals surface area contributed by atoms with Crippen molar-refractivity contribution < 1.29 is 19.0 Å². The second-order valence-electron chi connectivity index (χ2n) is 5.21. The van der Waals surface area contributed by atoms with Crippen molar-refractivity contribution in [2.45, 2.75) is 25.6 Å². The van der Waals surface area contributed by atoms with Gasteiger partial charge in [-0.2, -0.15) is 0 Å². The second kappa shape index (κ2) is 7.17. The highest BCUT2D eigenvalue weighted by atomic mass is 35.5. The summed E-state index contributed by atoms with van der Waals surface area (Å²) in [6.07, 6.45) is -0.234. The normalized spacial score (nSPS) is 22.4. The number of amides is 1. The summed E-state index contributed by atoms with van der Waals surface area (Å²) >= 11 is 6.22. The number of hydrogen-bond donors (Lipinski definition) is 1. The van der Waals surface area contributed by atoms with Crippen molar-refractivity contribution in [3.8, 4) is 11.5 Å². The van der Waals surface area contributed by atoms with Gasteiger partial charge in [-0.05, 0) is 24.6 Å². The number of ether oxygens (including phenoxy) is 3. The Labute approximate surface area is 135 Å². The summed E-state index contributed by atoms with van der Waals surface area (Å²) in [5.74, 6) is 0.662. The van der Waals surface area contributed by atoms with Gasteiger partial charge in [-0.1, -0.05) is 11.6 Å². The van der Waals surface area contributed by atoms with Crippen molar-refractivity contribution in [2.24, 2.45) is 5.73 Å². The number of benzene rings is 1. The van der Waals surface area contributed by atoms with E-state index in [1.165, 1.54) is 7.11 Å². The first-order chi connectivity index (χ1) is 10.5. The monoisotopic (exact) mass is 328 g/mol. The lowest BCUT2D eigenvalue weighted by atomic mass is 10.1. The molecule has 0 aromatic heterocycles. The number of rotatable bonds is 5. The molecule has 1 fully saturated rings. The third-order valence-corrected chi connectivity index (χ3v) is 4.05. The van der Waals surface area contributed by atoms with Gasteiger partial charge in [0.05, 0.1) is 32.0 Å². The molecule has 22 heavy (non-hydrogen) atoms. The third kappa shape index (κ3) is 3.45. The molecule has 1 aromatic carbocycles. The fraction of sp³-hybridized carbons (Fsp3) is 0.533. The highest BCUT2D eigenvalue weighted by Gasteiger charge is 2.33.